The Hall–Kier alpha value is -4.40. The summed E-state index contributed by atoms with van der Waals surface area (Å²) < 4.78 is 10.7. The van der Waals surface area contributed by atoms with Gasteiger partial charge >= 0.3 is 11.8 Å². The van der Waals surface area contributed by atoms with E-state index in [9.17, 15) is 14.4 Å². The van der Waals surface area contributed by atoms with Gasteiger partial charge in [0.2, 0.25) is 0 Å². The van der Waals surface area contributed by atoms with Crippen LogP contribution in [0.3, 0.4) is 0 Å². The number of anilines is 1. The number of furan rings is 1. The summed E-state index contributed by atoms with van der Waals surface area (Å²) >= 11 is 0. The van der Waals surface area contributed by atoms with Gasteiger partial charge in [-0.2, -0.15) is 5.10 Å². The molecule has 164 valence electrons. The number of aryl methyl sites for hydroxylation is 1. The first-order valence-electron chi connectivity index (χ1n) is 9.74. The van der Waals surface area contributed by atoms with Crippen molar-refractivity contribution in [2.45, 2.75) is 13.5 Å². The summed E-state index contributed by atoms with van der Waals surface area (Å²) in [5, 5.41) is 8.99. The minimum atomic E-state index is -0.927. The maximum atomic E-state index is 12.2. The van der Waals surface area contributed by atoms with E-state index in [0.717, 1.165) is 5.56 Å². The number of hydrazone groups is 1. The van der Waals surface area contributed by atoms with Gasteiger partial charge in [-0.25, -0.2) is 5.43 Å². The Morgan fingerprint density at radius 3 is 2.56 bits per heavy atom. The van der Waals surface area contributed by atoms with E-state index in [2.05, 4.69) is 21.2 Å². The van der Waals surface area contributed by atoms with Crippen LogP contribution in [0.2, 0.25) is 0 Å². The summed E-state index contributed by atoms with van der Waals surface area (Å²) in [6, 6.07) is 17.6. The Bertz CT molecular complexity index is 1110. The van der Waals surface area contributed by atoms with Crippen molar-refractivity contribution in [3.63, 3.8) is 0 Å². The molecule has 0 spiro atoms. The number of rotatable bonds is 8. The van der Waals surface area contributed by atoms with Gasteiger partial charge in [0.15, 0.2) is 6.61 Å². The van der Waals surface area contributed by atoms with Crippen molar-refractivity contribution < 1.29 is 23.5 Å². The molecule has 0 saturated heterocycles. The lowest BCUT2D eigenvalue weighted by Gasteiger charge is -2.10. The molecule has 32 heavy (non-hydrogen) atoms. The Morgan fingerprint density at radius 1 is 1.00 bits per heavy atom. The highest BCUT2D eigenvalue weighted by atomic mass is 16.5. The molecule has 9 heteroatoms. The van der Waals surface area contributed by atoms with E-state index >= 15 is 0 Å². The number of nitrogens with zero attached hydrogens (tertiary/aromatic N) is 1. The number of benzene rings is 2. The zero-order valence-corrected chi connectivity index (χ0v) is 17.3. The maximum Gasteiger partial charge on any atom is 0.329 e. The van der Waals surface area contributed by atoms with Crippen LogP contribution in [0, 0.1) is 6.92 Å². The quantitative estimate of drug-likeness (QED) is 0.285. The minimum absolute atomic E-state index is 0.0875. The van der Waals surface area contributed by atoms with Crippen LogP contribution in [0.15, 0.2) is 76.4 Å². The van der Waals surface area contributed by atoms with Crippen molar-refractivity contribution in [2.75, 3.05) is 11.9 Å². The zero-order chi connectivity index (χ0) is 22.8. The van der Waals surface area contributed by atoms with Gasteiger partial charge < -0.3 is 19.8 Å². The van der Waals surface area contributed by atoms with Crippen molar-refractivity contribution in [1.29, 1.82) is 0 Å². The predicted octanol–water partition coefficient (Wildman–Crippen LogP) is 2.37. The van der Waals surface area contributed by atoms with E-state index in [4.69, 9.17) is 9.15 Å². The number of carbonyl (C=O) groups is 3. The summed E-state index contributed by atoms with van der Waals surface area (Å²) in [6.07, 6.45) is 2.80. The molecular formula is C23H22N4O5. The van der Waals surface area contributed by atoms with Crippen LogP contribution in [0.5, 0.6) is 5.75 Å². The third-order valence-electron chi connectivity index (χ3n) is 4.28. The standard InChI is InChI=1S/C23H22N4O5/c1-16-7-2-4-10-19(16)26-21(28)15-32-20-11-5-3-8-17(20)13-25-27-23(30)22(29)24-14-18-9-6-12-31-18/h2-13H,14-15H2,1H3,(H,24,29)(H,26,28)(H,27,30)/b25-13-. The molecule has 0 bridgehead atoms. The van der Waals surface area contributed by atoms with Gasteiger partial charge in [-0.15, -0.1) is 0 Å². The number of hydrogen-bond acceptors (Lipinski definition) is 6. The first-order valence-corrected chi connectivity index (χ1v) is 9.74. The first-order chi connectivity index (χ1) is 15.5. The average Bonchev–Trinajstić information content (AvgIpc) is 3.32. The van der Waals surface area contributed by atoms with E-state index in [1.807, 2.05) is 25.1 Å². The van der Waals surface area contributed by atoms with Gasteiger partial charge in [-0.05, 0) is 42.8 Å². The second-order valence-electron chi connectivity index (χ2n) is 6.65. The fourth-order valence-electron chi connectivity index (χ4n) is 2.63. The molecule has 0 saturated carbocycles. The van der Waals surface area contributed by atoms with Crippen molar-refractivity contribution in [3.05, 3.63) is 83.8 Å². The average molecular weight is 434 g/mol. The van der Waals surface area contributed by atoms with Gasteiger partial charge in [-0.1, -0.05) is 30.3 Å². The Labute approximate surface area is 184 Å². The molecule has 2 aromatic carbocycles. The van der Waals surface area contributed by atoms with E-state index in [-0.39, 0.29) is 19.1 Å². The monoisotopic (exact) mass is 434 g/mol. The molecule has 0 aliphatic rings. The highest BCUT2D eigenvalue weighted by Crippen LogP contribution is 2.17. The van der Waals surface area contributed by atoms with Crippen LogP contribution < -0.4 is 20.8 Å². The summed E-state index contributed by atoms with van der Waals surface area (Å²) in [5.41, 5.74) is 4.32. The zero-order valence-electron chi connectivity index (χ0n) is 17.3. The molecule has 0 aliphatic heterocycles. The van der Waals surface area contributed by atoms with Crippen LogP contribution in [-0.4, -0.2) is 30.5 Å². The number of ether oxygens (including phenoxy) is 1. The molecule has 3 rings (SSSR count). The van der Waals surface area contributed by atoms with Crippen LogP contribution in [0.1, 0.15) is 16.9 Å². The van der Waals surface area contributed by atoms with Gasteiger partial charge in [0.25, 0.3) is 5.91 Å². The molecule has 1 heterocycles. The SMILES string of the molecule is Cc1ccccc1NC(=O)COc1ccccc1/C=N\NC(=O)C(=O)NCc1ccco1. The van der Waals surface area contributed by atoms with E-state index in [1.54, 1.807) is 42.5 Å². The highest BCUT2D eigenvalue weighted by molar-refractivity contribution is 6.35. The molecule has 1 aromatic heterocycles. The van der Waals surface area contributed by atoms with E-state index in [0.29, 0.717) is 22.8 Å². The van der Waals surface area contributed by atoms with Crippen molar-refractivity contribution >= 4 is 29.6 Å². The van der Waals surface area contributed by atoms with Gasteiger partial charge in [0, 0.05) is 11.3 Å². The third-order valence-corrected chi connectivity index (χ3v) is 4.28. The first kappa shape index (κ1) is 22.3. The van der Waals surface area contributed by atoms with Crippen LogP contribution in [0.25, 0.3) is 0 Å². The topological polar surface area (TPSA) is 122 Å². The molecule has 0 aliphatic carbocycles. The van der Waals surface area contributed by atoms with Crippen LogP contribution in [-0.2, 0) is 20.9 Å². The fraction of sp³-hybridized carbons (Fsp3) is 0.130. The molecule has 0 radical (unpaired) electrons. The molecule has 0 unspecified atom stereocenters. The second kappa shape index (κ2) is 11.1. The van der Waals surface area contributed by atoms with Crippen LogP contribution >= 0.6 is 0 Å². The Kier molecular flexibility index (Phi) is 7.74. The molecule has 0 fully saturated rings. The number of para-hydroxylation sites is 2. The van der Waals surface area contributed by atoms with Gasteiger partial charge in [0.1, 0.15) is 11.5 Å². The van der Waals surface area contributed by atoms with E-state index < -0.39 is 11.8 Å². The van der Waals surface area contributed by atoms with E-state index in [1.165, 1.54) is 12.5 Å². The number of hydrogen-bond donors (Lipinski definition) is 3. The Balaban J connectivity index is 1.50. The molecular weight excluding hydrogens is 412 g/mol. The van der Waals surface area contributed by atoms with Gasteiger partial charge in [-0.3, -0.25) is 14.4 Å². The second-order valence-corrected chi connectivity index (χ2v) is 6.65. The Morgan fingerprint density at radius 2 is 1.78 bits per heavy atom. The lowest BCUT2D eigenvalue weighted by atomic mass is 10.2. The summed E-state index contributed by atoms with van der Waals surface area (Å²) in [6.45, 7) is 1.78. The normalized spacial score (nSPS) is 10.5. The molecule has 3 aromatic rings. The highest BCUT2D eigenvalue weighted by Gasteiger charge is 2.13. The third kappa shape index (κ3) is 6.56. The van der Waals surface area contributed by atoms with Gasteiger partial charge in [0.05, 0.1) is 19.0 Å². The number of carbonyl (C=O) groups excluding carboxylic acids is 3. The lowest BCUT2D eigenvalue weighted by Crippen LogP contribution is -2.37. The largest absolute Gasteiger partial charge is 0.483 e. The summed E-state index contributed by atoms with van der Waals surface area (Å²) in [4.78, 5) is 35.8. The van der Waals surface area contributed by atoms with Crippen molar-refractivity contribution in [2.24, 2.45) is 5.10 Å². The van der Waals surface area contributed by atoms with Crippen molar-refractivity contribution in [1.82, 2.24) is 10.7 Å². The number of amides is 3. The molecule has 9 nitrogen and oxygen atoms in total. The minimum Gasteiger partial charge on any atom is -0.483 e. The smallest absolute Gasteiger partial charge is 0.329 e. The maximum absolute atomic E-state index is 12.2. The lowest BCUT2D eigenvalue weighted by molar-refractivity contribution is -0.139. The fourth-order valence-corrected chi connectivity index (χ4v) is 2.63. The number of nitrogens with one attached hydrogen (secondary N) is 3. The van der Waals surface area contributed by atoms with Crippen molar-refractivity contribution in [3.8, 4) is 5.75 Å². The van der Waals surface area contributed by atoms with Crippen LogP contribution in [0.4, 0.5) is 5.69 Å². The predicted molar refractivity (Wildman–Crippen MR) is 118 cm³/mol. The molecule has 3 amide bonds. The summed E-state index contributed by atoms with van der Waals surface area (Å²) in [5.74, 6) is -1.17. The molecule has 0 atom stereocenters. The molecule has 3 N–H and O–H groups in total. The summed E-state index contributed by atoms with van der Waals surface area (Å²) in [7, 11) is 0.